The number of amidine groups is 1. The van der Waals surface area contributed by atoms with Crippen molar-refractivity contribution >= 4 is 23.3 Å². The second-order valence-corrected chi connectivity index (χ2v) is 5.94. The lowest BCUT2D eigenvalue weighted by Gasteiger charge is -2.21. The molecule has 0 amide bonds. The normalized spacial score (nSPS) is 13.3. The third-order valence-corrected chi connectivity index (χ3v) is 4.17. The van der Waals surface area contributed by atoms with Gasteiger partial charge in [-0.15, -0.1) is 11.8 Å². The molecule has 0 radical (unpaired) electrons. The number of nitrogens with zero attached hydrogens (tertiary/aromatic N) is 2. The molecule has 0 saturated carbocycles. The Morgan fingerprint density at radius 1 is 1.17 bits per heavy atom. The molecule has 0 N–H and O–H groups in total. The van der Waals surface area contributed by atoms with E-state index in [1.165, 1.54) is 13.8 Å². The Kier molecular flexibility index (Phi) is 6.54. The largest absolute Gasteiger partial charge is 0.449 e. The van der Waals surface area contributed by atoms with Crippen molar-refractivity contribution in [1.29, 1.82) is 0 Å². The summed E-state index contributed by atoms with van der Waals surface area (Å²) in [5.41, 5.74) is -0.462. The Morgan fingerprint density at radius 3 is 2.21 bits per heavy atom. The summed E-state index contributed by atoms with van der Waals surface area (Å²) in [7, 11) is 1.14. The standard InChI is InChI=1S/C14H15F7N2S/c1-4-23(3)12(14(19,20)21)22-10-6-11(8(2)5-9(10)15)24-7-13(16,17)18/h5-6H,4,7H2,1-3H3. The predicted molar refractivity (Wildman–Crippen MR) is 79.4 cm³/mol. The van der Waals surface area contributed by atoms with Crippen LogP contribution in [0.15, 0.2) is 22.0 Å². The lowest BCUT2D eigenvalue weighted by atomic mass is 10.2. The fraction of sp³-hybridized carbons (Fsp3) is 0.500. The Labute approximate surface area is 138 Å². The summed E-state index contributed by atoms with van der Waals surface area (Å²) < 4.78 is 89.8. The number of halogens is 7. The zero-order valence-corrected chi connectivity index (χ0v) is 13.8. The third-order valence-electron chi connectivity index (χ3n) is 2.95. The number of aryl methyl sites for hydroxylation is 1. The number of aliphatic imine (C=N–C) groups is 1. The molecular formula is C14H15F7N2S. The van der Waals surface area contributed by atoms with E-state index in [0.717, 1.165) is 24.1 Å². The van der Waals surface area contributed by atoms with Gasteiger partial charge in [-0.2, -0.15) is 26.3 Å². The average molecular weight is 376 g/mol. The molecule has 1 rings (SSSR count). The first-order valence-corrected chi connectivity index (χ1v) is 7.70. The van der Waals surface area contributed by atoms with E-state index in [-0.39, 0.29) is 17.0 Å². The molecule has 0 aromatic heterocycles. The molecule has 0 spiro atoms. The maximum absolute atomic E-state index is 13.9. The van der Waals surface area contributed by atoms with Crippen LogP contribution in [0.25, 0.3) is 0 Å². The van der Waals surface area contributed by atoms with Gasteiger partial charge in [-0.3, -0.25) is 0 Å². The van der Waals surface area contributed by atoms with Crippen LogP contribution in [-0.2, 0) is 0 Å². The molecular weight excluding hydrogens is 361 g/mol. The zero-order chi connectivity index (χ0) is 18.7. The van der Waals surface area contributed by atoms with Gasteiger partial charge in [0.25, 0.3) is 0 Å². The Hall–Kier alpha value is -1.45. The Balaban J connectivity index is 3.29. The summed E-state index contributed by atoms with van der Waals surface area (Å²) >= 11 is 0.370. The molecule has 1 aromatic rings. The number of hydrogen-bond donors (Lipinski definition) is 0. The van der Waals surface area contributed by atoms with Crippen LogP contribution in [-0.4, -0.2) is 42.4 Å². The van der Waals surface area contributed by atoms with Crippen LogP contribution in [0.2, 0.25) is 0 Å². The lowest BCUT2D eigenvalue weighted by Crippen LogP contribution is -2.38. The molecule has 0 fully saturated rings. The maximum atomic E-state index is 13.9. The van der Waals surface area contributed by atoms with E-state index < -0.39 is 35.4 Å². The van der Waals surface area contributed by atoms with Crippen molar-refractivity contribution in [2.45, 2.75) is 31.1 Å². The van der Waals surface area contributed by atoms with Gasteiger partial charge in [-0.1, -0.05) is 0 Å². The quantitative estimate of drug-likeness (QED) is 0.305. The van der Waals surface area contributed by atoms with Gasteiger partial charge in [0.15, 0.2) is 0 Å². The first kappa shape index (κ1) is 20.6. The zero-order valence-electron chi connectivity index (χ0n) is 13.0. The van der Waals surface area contributed by atoms with Crippen molar-refractivity contribution in [3.63, 3.8) is 0 Å². The van der Waals surface area contributed by atoms with Crippen molar-refractivity contribution < 1.29 is 30.7 Å². The highest BCUT2D eigenvalue weighted by molar-refractivity contribution is 7.99. The highest BCUT2D eigenvalue weighted by Gasteiger charge is 2.38. The van der Waals surface area contributed by atoms with Crippen LogP contribution in [0.3, 0.4) is 0 Å². The first-order valence-electron chi connectivity index (χ1n) is 6.72. The number of thioether (sulfide) groups is 1. The second-order valence-electron chi connectivity index (χ2n) is 4.92. The molecule has 0 atom stereocenters. The van der Waals surface area contributed by atoms with E-state index in [9.17, 15) is 30.7 Å². The van der Waals surface area contributed by atoms with E-state index in [1.807, 2.05) is 0 Å². The molecule has 0 unspecified atom stereocenters. The van der Waals surface area contributed by atoms with Crippen LogP contribution < -0.4 is 0 Å². The van der Waals surface area contributed by atoms with Crippen LogP contribution in [0.5, 0.6) is 0 Å². The van der Waals surface area contributed by atoms with Crippen LogP contribution in [0.4, 0.5) is 36.4 Å². The van der Waals surface area contributed by atoms with E-state index in [0.29, 0.717) is 11.8 Å². The SMILES string of the molecule is CCN(C)C(=Nc1cc(SCC(F)(F)F)c(C)cc1F)C(F)(F)F. The highest BCUT2D eigenvalue weighted by atomic mass is 32.2. The summed E-state index contributed by atoms with van der Waals surface area (Å²) in [5, 5.41) is 0. The smallest absolute Gasteiger partial charge is 0.356 e. The minimum atomic E-state index is -4.82. The van der Waals surface area contributed by atoms with Gasteiger partial charge in [0.05, 0.1) is 5.75 Å². The van der Waals surface area contributed by atoms with E-state index >= 15 is 0 Å². The topological polar surface area (TPSA) is 15.6 Å². The van der Waals surface area contributed by atoms with Gasteiger partial charge in [0.1, 0.15) is 11.5 Å². The summed E-state index contributed by atoms with van der Waals surface area (Å²) in [6.45, 7) is 2.80. The molecule has 24 heavy (non-hydrogen) atoms. The van der Waals surface area contributed by atoms with E-state index in [2.05, 4.69) is 4.99 Å². The van der Waals surface area contributed by atoms with Gasteiger partial charge in [-0.05, 0) is 31.5 Å². The molecule has 136 valence electrons. The summed E-state index contributed by atoms with van der Waals surface area (Å²) in [4.78, 5) is 4.10. The number of rotatable bonds is 4. The van der Waals surface area contributed by atoms with Crippen LogP contribution >= 0.6 is 11.8 Å². The average Bonchev–Trinajstić information content (AvgIpc) is 2.42. The molecule has 0 aliphatic carbocycles. The number of alkyl halides is 6. The molecule has 1 aromatic carbocycles. The van der Waals surface area contributed by atoms with Crippen molar-refractivity contribution in [3.05, 3.63) is 23.5 Å². The van der Waals surface area contributed by atoms with Crippen LogP contribution in [0, 0.1) is 12.7 Å². The van der Waals surface area contributed by atoms with Gasteiger partial charge < -0.3 is 4.90 Å². The Bertz CT molecular complexity index is 608. The van der Waals surface area contributed by atoms with Gasteiger partial charge in [0.2, 0.25) is 5.84 Å². The monoisotopic (exact) mass is 376 g/mol. The molecule has 2 nitrogen and oxygen atoms in total. The molecule has 0 bridgehead atoms. The molecule has 0 aliphatic heterocycles. The number of hydrogen-bond acceptors (Lipinski definition) is 2. The number of benzene rings is 1. The van der Waals surface area contributed by atoms with Gasteiger partial charge in [-0.25, -0.2) is 9.38 Å². The molecule has 0 saturated heterocycles. The van der Waals surface area contributed by atoms with E-state index in [4.69, 9.17) is 0 Å². The first-order chi connectivity index (χ1) is 10.8. The Morgan fingerprint density at radius 2 is 1.75 bits per heavy atom. The molecule has 0 heterocycles. The van der Waals surface area contributed by atoms with Crippen LogP contribution in [0.1, 0.15) is 12.5 Å². The van der Waals surface area contributed by atoms with Crippen molar-refractivity contribution in [1.82, 2.24) is 4.90 Å². The van der Waals surface area contributed by atoms with Gasteiger partial charge in [0, 0.05) is 18.5 Å². The minimum Gasteiger partial charge on any atom is -0.356 e. The van der Waals surface area contributed by atoms with Crippen molar-refractivity contribution in [2.24, 2.45) is 4.99 Å². The summed E-state index contributed by atoms with van der Waals surface area (Å²) in [5.74, 6) is -3.58. The van der Waals surface area contributed by atoms with Gasteiger partial charge >= 0.3 is 12.4 Å². The fourth-order valence-corrected chi connectivity index (χ4v) is 2.47. The highest BCUT2D eigenvalue weighted by Crippen LogP contribution is 2.34. The molecule has 10 heteroatoms. The predicted octanol–water partition coefficient (Wildman–Crippen LogP) is 5.33. The summed E-state index contributed by atoms with van der Waals surface area (Å²) in [6, 6.07) is 1.77. The maximum Gasteiger partial charge on any atom is 0.449 e. The third kappa shape index (κ3) is 5.88. The summed E-state index contributed by atoms with van der Waals surface area (Å²) in [6.07, 6.45) is -9.27. The molecule has 0 aliphatic rings. The lowest BCUT2D eigenvalue weighted by molar-refractivity contribution is -0.105. The minimum absolute atomic E-state index is 0.0214. The fourth-order valence-electron chi connectivity index (χ4n) is 1.67. The van der Waals surface area contributed by atoms with Crippen molar-refractivity contribution in [2.75, 3.05) is 19.3 Å². The van der Waals surface area contributed by atoms with E-state index in [1.54, 1.807) is 0 Å². The van der Waals surface area contributed by atoms with Crippen molar-refractivity contribution in [3.8, 4) is 0 Å². The second kappa shape index (κ2) is 7.62.